The Hall–Kier alpha value is -3.48. The summed E-state index contributed by atoms with van der Waals surface area (Å²) in [5.74, 6) is 0.421. The molecule has 1 aliphatic heterocycles. The molecule has 1 unspecified atom stereocenters. The number of fused-ring (bicyclic) bond motifs is 1. The maximum absolute atomic E-state index is 13.5. The lowest BCUT2D eigenvalue weighted by molar-refractivity contribution is 0.414. The van der Waals surface area contributed by atoms with Crippen molar-refractivity contribution in [1.82, 2.24) is 0 Å². The normalized spacial score (nSPS) is 14.7. The first-order valence-corrected chi connectivity index (χ1v) is 9.80. The lowest BCUT2D eigenvalue weighted by atomic mass is 9.90. The Morgan fingerprint density at radius 2 is 1.69 bits per heavy atom. The van der Waals surface area contributed by atoms with E-state index in [-0.39, 0.29) is 22.3 Å². The monoisotopic (exact) mass is 401 g/mol. The molecule has 4 nitrogen and oxygen atoms in total. The Balaban J connectivity index is 1.89. The maximum atomic E-state index is 13.5. The number of methoxy groups -OCH3 is 1. The molecule has 142 valence electrons. The zero-order valence-electron chi connectivity index (χ0n) is 15.6. The third kappa shape index (κ3) is 3.18. The zero-order valence-corrected chi connectivity index (χ0v) is 16.4. The zero-order chi connectivity index (χ0) is 20.5. The summed E-state index contributed by atoms with van der Waals surface area (Å²) >= 11 is 1.60. The number of nitriles is 2. The number of nitrogen functional groups attached to an aromatic ring is 1. The number of ether oxygens (including phenoxy) is 1. The summed E-state index contributed by atoms with van der Waals surface area (Å²) in [6, 6.07) is 18.1. The fourth-order valence-corrected chi connectivity index (χ4v) is 5.13. The van der Waals surface area contributed by atoms with Crippen molar-refractivity contribution in [1.29, 1.82) is 10.5 Å². The fourth-order valence-electron chi connectivity index (χ4n) is 3.63. The lowest BCUT2D eigenvalue weighted by Crippen LogP contribution is -2.03. The Morgan fingerprint density at radius 3 is 2.28 bits per heavy atom. The van der Waals surface area contributed by atoms with E-state index in [1.807, 2.05) is 24.3 Å². The van der Waals surface area contributed by atoms with Crippen LogP contribution in [0.25, 0.3) is 11.1 Å². The van der Waals surface area contributed by atoms with Crippen LogP contribution < -0.4 is 10.5 Å². The van der Waals surface area contributed by atoms with Gasteiger partial charge in [-0.3, -0.25) is 0 Å². The third-order valence-electron chi connectivity index (χ3n) is 5.09. The standard InChI is InChI=1S/C23H16FN3OS/c1-28-16-8-4-13(5-9-16)20-10-17-18(11-25)22(27)19(12-26)21(23(17)29-20)14-2-6-15(24)7-3-14/h2-9,20H,10,27H2,1H3. The fraction of sp³-hybridized carbons (Fsp3) is 0.130. The molecule has 1 aliphatic rings. The van der Waals surface area contributed by atoms with E-state index in [9.17, 15) is 14.9 Å². The minimum Gasteiger partial charge on any atom is -0.497 e. The summed E-state index contributed by atoms with van der Waals surface area (Å²) < 4.78 is 18.7. The molecule has 0 amide bonds. The molecule has 0 aliphatic carbocycles. The number of halogens is 1. The van der Waals surface area contributed by atoms with Gasteiger partial charge < -0.3 is 10.5 Å². The van der Waals surface area contributed by atoms with Crippen molar-refractivity contribution in [2.45, 2.75) is 16.6 Å². The molecule has 1 atom stereocenters. The van der Waals surface area contributed by atoms with Crippen LogP contribution in [0.15, 0.2) is 53.4 Å². The first-order valence-electron chi connectivity index (χ1n) is 8.92. The molecule has 0 spiro atoms. The quantitative estimate of drug-likeness (QED) is 0.609. The molecule has 0 radical (unpaired) electrons. The number of thioether (sulfide) groups is 1. The third-order valence-corrected chi connectivity index (χ3v) is 6.49. The number of nitrogens with zero attached hydrogens (tertiary/aromatic N) is 2. The van der Waals surface area contributed by atoms with Gasteiger partial charge in [-0.15, -0.1) is 11.8 Å². The first kappa shape index (κ1) is 18.9. The number of anilines is 1. The molecule has 6 heteroatoms. The molecule has 3 aromatic carbocycles. The molecule has 2 N–H and O–H groups in total. The molecule has 1 heterocycles. The van der Waals surface area contributed by atoms with E-state index in [1.165, 1.54) is 12.1 Å². The Labute approximate surface area is 172 Å². The minimum atomic E-state index is -0.353. The van der Waals surface area contributed by atoms with Crippen LogP contribution in [-0.4, -0.2) is 7.11 Å². The van der Waals surface area contributed by atoms with E-state index in [0.717, 1.165) is 21.8 Å². The Kier molecular flexibility index (Phi) is 4.88. The van der Waals surface area contributed by atoms with Crippen LogP contribution in [0.2, 0.25) is 0 Å². The van der Waals surface area contributed by atoms with Crippen molar-refractivity contribution >= 4 is 17.4 Å². The van der Waals surface area contributed by atoms with Gasteiger partial charge in [-0.1, -0.05) is 24.3 Å². The molecule has 4 rings (SSSR count). The largest absolute Gasteiger partial charge is 0.497 e. The highest BCUT2D eigenvalue weighted by Crippen LogP contribution is 2.54. The summed E-state index contributed by atoms with van der Waals surface area (Å²) in [6.07, 6.45) is 0.624. The molecule has 29 heavy (non-hydrogen) atoms. The lowest BCUT2D eigenvalue weighted by Gasteiger charge is -2.15. The van der Waals surface area contributed by atoms with Gasteiger partial charge in [0.05, 0.1) is 23.9 Å². The van der Waals surface area contributed by atoms with Gasteiger partial charge in [0.1, 0.15) is 23.7 Å². The van der Waals surface area contributed by atoms with Gasteiger partial charge in [0.25, 0.3) is 0 Å². The van der Waals surface area contributed by atoms with E-state index in [1.54, 1.807) is 31.0 Å². The molecule has 0 saturated carbocycles. The van der Waals surface area contributed by atoms with Crippen LogP contribution >= 0.6 is 11.8 Å². The van der Waals surface area contributed by atoms with Crippen LogP contribution in [-0.2, 0) is 6.42 Å². The SMILES string of the molecule is COc1ccc(C2Cc3c(C#N)c(N)c(C#N)c(-c4ccc(F)cc4)c3S2)cc1. The minimum absolute atomic E-state index is 0.0792. The molecule has 0 saturated heterocycles. The van der Waals surface area contributed by atoms with Crippen molar-refractivity contribution in [3.8, 4) is 29.0 Å². The smallest absolute Gasteiger partial charge is 0.123 e. The average Bonchev–Trinajstić information content (AvgIpc) is 3.18. The number of hydrogen-bond donors (Lipinski definition) is 1. The number of nitrogens with two attached hydrogens (primary N) is 1. The molecule has 3 aromatic rings. The van der Waals surface area contributed by atoms with Crippen LogP contribution in [0, 0.1) is 28.5 Å². The predicted molar refractivity (Wildman–Crippen MR) is 111 cm³/mol. The Morgan fingerprint density at radius 1 is 1.03 bits per heavy atom. The first-order chi connectivity index (χ1) is 14.1. The van der Waals surface area contributed by atoms with Gasteiger partial charge >= 0.3 is 0 Å². The molecule has 0 bridgehead atoms. The second-order valence-electron chi connectivity index (χ2n) is 6.66. The average molecular weight is 401 g/mol. The molecule has 0 aromatic heterocycles. The Bertz CT molecular complexity index is 1180. The highest BCUT2D eigenvalue weighted by Gasteiger charge is 2.33. The van der Waals surface area contributed by atoms with Gasteiger partial charge in [0.15, 0.2) is 0 Å². The van der Waals surface area contributed by atoms with Gasteiger partial charge in [-0.2, -0.15) is 10.5 Å². The summed E-state index contributed by atoms with van der Waals surface area (Å²) in [6.45, 7) is 0. The van der Waals surface area contributed by atoms with Gasteiger partial charge in [0.2, 0.25) is 0 Å². The summed E-state index contributed by atoms with van der Waals surface area (Å²) in [5, 5.41) is 19.6. The van der Waals surface area contributed by atoms with Gasteiger partial charge in [-0.25, -0.2) is 4.39 Å². The number of hydrogen-bond acceptors (Lipinski definition) is 5. The van der Waals surface area contributed by atoms with Crippen LogP contribution in [0.1, 0.15) is 27.5 Å². The number of benzene rings is 3. The van der Waals surface area contributed by atoms with E-state index in [4.69, 9.17) is 10.5 Å². The second-order valence-corrected chi connectivity index (χ2v) is 7.87. The van der Waals surface area contributed by atoms with Crippen LogP contribution in [0.4, 0.5) is 10.1 Å². The van der Waals surface area contributed by atoms with Gasteiger partial charge in [-0.05, 0) is 47.4 Å². The summed E-state index contributed by atoms with van der Waals surface area (Å²) in [5.41, 5.74) is 10.3. The van der Waals surface area contributed by atoms with E-state index in [0.29, 0.717) is 23.1 Å². The summed E-state index contributed by atoms with van der Waals surface area (Å²) in [7, 11) is 1.62. The molecular formula is C23H16FN3OS. The summed E-state index contributed by atoms with van der Waals surface area (Å²) in [4.78, 5) is 0.861. The van der Waals surface area contributed by atoms with Crippen molar-refractivity contribution in [2.75, 3.05) is 12.8 Å². The molecular weight excluding hydrogens is 385 g/mol. The topological polar surface area (TPSA) is 82.8 Å². The highest BCUT2D eigenvalue weighted by atomic mass is 32.2. The molecule has 0 fully saturated rings. The number of rotatable bonds is 3. The van der Waals surface area contributed by atoms with Crippen molar-refractivity contribution in [2.24, 2.45) is 0 Å². The van der Waals surface area contributed by atoms with Crippen LogP contribution in [0.3, 0.4) is 0 Å². The van der Waals surface area contributed by atoms with Crippen LogP contribution in [0.5, 0.6) is 5.75 Å². The maximum Gasteiger partial charge on any atom is 0.123 e. The van der Waals surface area contributed by atoms with Crippen molar-refractivity contribution in [3.63, 3.8) is 0 Å². The predicted octanol–water partition coefficient (Wildman–Crippen LogP) is 5.22. The van der Waals surface area contributed by atoms with E-state index in [2.05, 4.69) is 12.1 Å². The van der Waals surface area contributed by atoms with Gasteiger partial charge in [0, 0.05) is 15.7 Å². The van der Waals surface area contributed by atoms with Crippen molar-refractivity contribution in [3.05, 3.63) is 76.6 Å². The van der Waals surface area contributed by atoms with Crippen molar-refractivity contribution < 1.29 is 9.13 Å². The van der Waals surface area contributed by atoms with E-state index >= 15 is 0 Å². The highest BCUT2D eigenvalue weighted by molar-refractivity contribution is 8.00. The van der Waals surface area contributed by atoms with E-state index < -0.39 is 0 Å². The second kappa shape index (κ2) is 7.50.